The second kappa shape index (κ2) is 7.46. The lowest BCUT2D eigenvalue weighted by Gasteiger charge is -2.31. The molecule has 0 bridgehead atoms. The zero-order chi connectivity index (χ0) is 18.9. The number of hydrogen-bond donors (Lipinski definition) is 0. The van der Waals surface area contributed by atoms with Gasteiger partial charge in [-0.15, -0.1) is 10.2 Å². The SMILES string of the molecule is FC(F)(F)c1cccc(OCC2CCN(Cc3nnc4n3CCC4)CC2)n1. The molecule has 2 aliphatic heterocycles. The average Bonchev–Trinajstić information content (AvgIpc) is 3.26. The minimum absolute atomic E-state index is 0.0336. The van der Waals surface area contributed by atoms with Crippen molar-refractivity contribution in [3.8, 4) is 5.88 Å². The third-order valence-electron chi connectivity index (χ3n) is 5.24. The summed E-state index contributed by atoms with van der Waals surface area (Å²) in [5.41, 5.74) is -0.921. The Balaban J connectivity index is 1.25. The van der Waals surface area contributed by atoms with Crippen LogP contribution in [0.15, 0.2) is 18.2 Å². The van der Waals surface area contributed by atoms with Crippen LogP contribution in [0.3, 0.4) is 0 Å². The number of piperidine rings is 1. The minimum Gasteiger partial charge on any atom is -0.477 e. The van der Waals surface area contributed by atoms with Crippen LogP contribution in [-0.4, -0.2) is 44.3 Å². The van der Waals surface area contributed by atoms with Crippen LogP contribution in [0.1, 0.15) is 36.6 Å². The molecular weight excluding hydrogens is 359 g/mol. The van der Waals surface area contributed by atoms with E-state index in [1.54, 1.807) is 0 Å². The number of hydrogen-bond acceptors (Lipinski definition) is 5. The van der Waals surface area contributed by atoms with Crippen molar-refractivity contribution in [1.29, 1.82) is 0 Å². The quantitative estimate of drug-likeness (QED) is 0.797. The van der Waals surface area contributed by atoms with Crippen molar-refractivity contribution in [3.05, 3.63) is 35.5 Å². The van der Waals surface area contributed by atoms with Gasteiger partial charge in [0.05, 0.1) is 13.2 Å². The van der Waals surface area contributed by atoms with Crippen LogP contribution in [0.4, 0.5) is 13.2 Å². The molecule has 1 saturated heterocycles. The Morgan fingerprint density at radius 2 is 1.93 bits per heavy atom. The first kappa shape index (κ1) is 18.2. The second-order valence-electron chi connectivity index (χ2n) is 7.18. The van der Waals surface area contributed by atoms with Gasteiger partial charge in [0.2, 0.25) is 5.88 Å². The Labute approximate surface area is 155 Å². The van der Waals surface area contributed by atoms with E-state index < -0.39 is 11.9 Å². The highest BCUT2D eigenvalue weighted by molar-refractivity contribution is 5.17. The van der Waals surface area contributed by atoms with Gasteiger partial charge in [-0.25, -0.2) is 4.98 Å². The molecule has 0 aliphatic carbocycles. The average molecular weight is 381 g/mol. The summed E-state index contributed by atoms with van der Waals surface area (Å²) in [6.07, 6.45) is -0.413. The lowest BCUT2D eigenvalue weighted by atomic mass is 9.98. The zero-order valence-electron chi connectivity index (χ0n) is 15.0. The van der Waals surface area contributed by atoms with Crippen LogP contribution >= 0.6 is 0 Å². The van der Waals surface area contributed by atoms with Gasteiger partial charge in [0.15, 0.2) is 0 Å². The van der Waals surface area contributed by atoms with Crippen LogP contribution in [-0.2, 0) is 25.7 Å². The molecule has 0 radical (unpaired) electrons. The Bertz CT molecular complexity index is 784. The van der Waals surface area contributed by atoms with Gasteiger partial charge in [0.25, 0.3) is 0 Å². The maximum atomic E-state index is 12.7. The van der Waals surface area contributed by atoms with Gasteiger partial charge in [0.1, 0.15) is 17.3 Å². The van der Waals surface area contributed by atoms with Crippen LogP contribution < -0.4 is 4.74 Å². The fourth-order valence-electron chi connectivity index (χ4n) is 3.70. The van der Waals surface area contributed by atoms with Crippen molar-refractivity contribution in [1.82, 2.24) is 24.6 Å². The largest absolute Gasteiger partial charge is 0.477 e. The molecule has 4 rings (SSSR count). The number of halogens is 3. The van der Waals surface area contributed by atoms with Crippen molar-refractivity contribution < 1.29 is 17.9 Å². The fourth-order valence-corrected chi connectivity index (χ4v) is 3.70. The number of nitrogens with zero attached hydrogens (tertiary/aromatic N) is 5. The molecule has 0 aromatic carbocycles. The van der Waals surface area contributed by atoms with E-state index in [9.17, 15) is 13.2 Å². The standard InChI is InChI=1S/C18H22F3N5O/c19-18(20,21)14-3-1-5-17(22-14)27-12-13-6-9-25(10-7-13)11-16-24-23-15-4-2-8-26(15)16/h1,3,5,13H,2,4,6-12H2. The van der Waals surface area contributed by atoms with Crippen LogP contribution in [0.2, 0.25) is 0 Å². The number of aromatic nitrogens is 4. The minimum atomic E-state index is -4.45. The molecule has 4 heterocycles. The van der Waals surface area contributed by atoms with Gasteiger partial charge in [-0.05, 0) is 44.3 Å². The van der Waals surface area contributed by atoms with E-state index in [0.29, 0.717) is 12.5 Å². The van der Waals surface area contributed by atoms with E-state index in [-0.39, 0.29) is 5.88 Å². The maximum Gasteiger partial charge on any atom is 0.433 e. The lowest BCUT2D eigenvalue weighted by Crippen LogP contribution is -2.35. The molecular formula is C18H22F3N5O. The molecule has 1 fully saturated rings. The van der Waals surface area contributed by atoms with Crippen molar-refractivity contribution in [2.45, 2.75) is 44.9 Å². The van der Waals surface area contributed by atoms with Crippen molar-refractivity contribution in [2.24, 2.45) is 5.92 Å². The smallest absolute Gasteiger partial charge is 0.433 e. The number of alkyl halides is 3. The third kappa shape index (κ3) is 4.23. The van der Waals surface area contributed by atoms with E-state index >= 15 is 0 Å². The maximum absolute atomic E-state index is 12.7. The molecule has 27 heavy (non-hydrogen) atoms. The molecule has 2 aromatic heterocycles. The van der Waals surface area contributed by atoms with Gasteiger partial charge < -0.3 is 9.30 Å². The summed E-state index contributed by atoms with van der Waals surface area (Å²) in [7, 11) is 0. The highest BCUT2D eigenvalue weighted by Gasteiger charge is 2.32. The molecule has 2 aliphatic rings. The van der Waals surface area contributed by atoms with Gasteiger partial charge >= 0.3 is 6.18 Å². The number of fused-ring (bicyclic) bond motifs is 1. The number of aryl methyl sites for hydroxylation is 1. The first-order valence-electron chi connectivity index (χ1n) is 9.29. The van der Waals surface area contributed by atoms with Crippen LogP contribution in [0.5, 0.6) is 5.88 Å². The third-order valence-corrected chi connectivity index (χ3v) is 5.24. The second-order valence-corrected chi connectivity index (χ2v) is 7.18. The molecule has 0 unspecified atom stereocenters. The number of ether oxygens (including phenoxy) is 1. The van der Waals surface area contributed by atoms with Crippen molar-refractivity contribution >= 4 is 0 Å². The molecule has 6 nitrogen and oxygen atoms in total. The Hall–Kier alpha value is -2.16. The van der Waals surface area contributed by atoms with Gasteiger partial charge in [-0.2, -0.15) is 13.2 Å². The van der Waals surface area contributed by atoms with Crippen molar-refractivity contribution in [3.63, 3.8) is 0 Å². The van der Waals surface area contributed by atoms with E-state index in [1.807, 2.05) is 0 Å². The summed E-state index contributed by atoms with van der Waals surface area (Å²) in [5, 5.41) is 8.55. The molecule has 0 amide bonds. The Morgan fingerprint density at radius 1 is 1.11 bits per heavy atom. The highest BCUT2D eigenvalue weighted by atomic mass is 19.4. The van der Waals surface area contributed by atoms with Gasteiger partial charge in [-0.3, -0.25) is 4.90 Å². The normalized spacial score (nSPS) is 18.6. The van der Waals surface area contributed by atoms with Crippen LogP contribution in [0, 0.1) is 5.92 Å². The Kier molecular flexibility index (Phi) is 5.03. The van der Waals surface area contributed by atoms with Crippen LogP contribution in [0.25, 0.3) is 0 Å². The van der Waals surface area contributed by atoms with E-state index in [1.165, 1.54) is 12.1 Å². The topological polar surface area (TPSA) is 56.1 Å². The number of pyridine rings is 1. The monoisotopic (exact) mass is 381 g/mol. The summed E-state index contributed by atoms with van der Waals surface area (Å²) in [4.78, 5) is 5.91. The van der Waals surface area contributed by atoms with Gasteiger partial charge in [-0.1, -0.05) is 6.07 Å². The van der Waals surface area contributed by atoms with Crippen molar-refractivity contribution in [2.75, 3.05) is 19.7 Å². The van der Waals surface area contributed by atoms with E-state index in [2.05, 4.69) is 24.6 Å². The molecule has 0 N–H and O–H groups in total. The fraction of sp³-hybridized carbons (Fsp3) is 0.611. The summed E-state index contributed by atoms with van der Waals surface area (Å²) in [6.45, 7) is 4.04. The summed E-state index contributed by atoms with van der Waals surface area (Å²) in [6, 6.07) is 3.74. The molecule has 0 saturated carbocycles. The predicted molar refractivity (Wildman–Crippen MR) is 91.1 cm³/mol. The molecule has 146 valence electrons. The highest BCUT2D eigenvalue weighted by Crippen LogP contribution is 2.29. The molecule has 0 atom stereocenters. The summed E-state index contributed by atoms with van der Waals surface area (Å²) in [5.74, 6) is 2.47. The zero-order valence-corrected chi connectivity index (χ0v) is 15.0. The van der Waals surface area contributed by atoms with E-state index in [0.717, 1.165) is 69.6 Å². The molecule has 9 heteroatoms. The Morgan fingerprint density at radius 3 is 2.70 bits per heavy atom. The predicted octanol–water partition coefficient (Wildman–Crippen LogP) is 2.93. The summed E-state index contributed by atoms with van der Waals surface area (Å²) >= 11 is 0. The first-order valence-corrected chi connectivity index (χ1v) is 9.29. The lowest BCUT2D eigenvalue weighted by molar-refractivity contribution is -0.141. The summed E-state index contributed by atoms with van der Waals surface area (Å²) < 4.78 is 45.9. The van der Waals surface area contributed by atoms with Gasteiger partial charge in [0, 0.05) is 19.0 Å². The number of likely N-dealkylation sites (tertiary alicyclic amines) is 1. The first-order chi connectivity index (χ1) is 13.0. The molecule has 2 aromatic rings. The molecule has 0 spiro atoms. The van der Waals surface area contributed by atoms with E-state index in [4.69, 9.17) is 4.74 Å². The number of rotatable bonds is 5.